The van der Waals surface area contributed by atoms with Gasteiger partial charge in [-0.05, 0) is 11.4 Å². The van der Waals surface area contributed by atoms with Crippen LogP contribution in [0.3, 0.4) is 0 Å². The van der Waals surface area contributed by atoms with Gasteiger partial charge in [0.15, 0.2) is 0 Å². The molecule has 2 aliphatic heterocycles. The third-order valence-corrected chi connectivity index (χ3v) is 6.75. The molecule has 1 fully saturated rings. The molecule has 156 valence electrons. The van der Waals surface area contributed by atoms with Gasteiger partial charge in [0.2, 0.25) is 5.91 Å². The summed E-state index contributed by atoms with van der Waals surface area (Å²) < 4.78 is 15.2. The molecular weight excluding hydrogens is 420 g/mol. The van der Waals surface area contributed by atoms with Crippen molar-refractivity contribution in [3.05, 3.63) is 33.7 Å². The Bertz CT molecular complexity index is 868. The lowest BCUT2D eigenvalue weighted by molar-refractivity contribution is -0.192. The van der Waals surface area contributed by atoms with Crippen molar-refractivity contribution in [1.29, 1.82) is 0 Å². The summed E-state index contributed by atoms with van der Waals surface area (Å²) in [6.07, 6.45) is 0.116. The highest BCUT2D eigenvalue weighted by atomic mass is 32.2. The summed E-state index contributed by atoms with van der Waals surface area (Å²) in [5.74, 6) is -1.87. The van der Waals surface area contributed by atoms with Crippen LogP contribution < -0.4 is 5.32 Å². The number of carbonyl (C=O) groups is 4. The summed E-state index contributed by atoms with van der Waals surface area (Å²) >= 11 is 2.74. The Morgan fingerprint density at radius 3 is 2.69 bits per heavy atom. The highest BCUT2D eigenvalue weighted by Gasteiger charge is 2.66. The average molecular weight is 440 g/mol. The third-order valence-electron chi connectivity index (χ3n) is 4.50. The maximum atomic E-state index is 13.0. The minimum atomic E-state index is -1.58. The van der Waals surface area contributed by atoms with E-state index in [1.807, 2.05) is 17.5 Å². The quantitative estimate of drug-likeness (QED) is 0.374. The number of hydrogen-bond donors (Lipinski definition) is 1. The van der Waals surface area contributed by atoms with Crippen LogP contribution in [0.1, 0.15) is 11.8 Å². The van der Waals surface area contributed by atoms with Gasteiger partial charge < -0.3 is 19.5 Å². The summed E-state index contributed by atoms with van der Waals surface area (Å²) in [6.45, 7) is 1.12. The zero-order valence-corrected chi connectivity index (χ0v) is 17.7. The molecule has 2 aliphatic rings. The first-order valence-corrected chi connectivity index (χ1v) is 10.5. The standard InChI is InChI=1S/C18H20N2O7S2/c1-10(21)27-8-11-9-29-17-18(26-3,16(24)20(17)14(11)15(23)25-2)19-13(22)7-12-5-4-6-28-12/h4-6,17H,7-9H2,1-3H3,(H,19,22)/t17-,18?/m0/s1. The fraction of sp³-hybridized carbons (Fsp3) is 0.444. The molecule has 1 saturated heterocycles. The van der Waals surface area contributed by atoms with Gasteiger partial charge in [0.25, 0.3) is 11.6 Å². The summed E-state index contributed by atoms with van der Waals surface area (Å²) in [4.78, 5) is 51.1. The van der Waals surface area contributed by atoms with Crippen molar-refractivity contribution >= 4 is 46.9 Å². The number of fused-ring (bicyclic) bond motifs is 1. The van der Waals surface area contributed by atoms with E-state index in [1.165, 1.54) is 49.1 Å². The van der Waals surface area contributed by atoms with Crippen molar-refractivity contribution < 1.29 is 33.4 Å². The van der Waals surface area contributed by atoms with E-state index in [2.05, 4.69) is 5.32 Å². The lowest BCUT2D eigenvalue weighted by atomic mass is 9.98. The minimum Gasteiger partial charge on any atom is -0.464 e. The topological polar surface area (TPSA) is 111 Å². The van der Waals surface area contributed by atoms with Gasteiger partial charge in [0, 0.05) is 30.2 Å². The van der Waals surface area contributed by atoms with Crippen molar-refractivity contribution in [2.24, 2.45) is 0 Å². The Balaban J connectivity index is 1.83. The van der Waals surface area contributed by atoms with Crippen molar-refractivity contribution in [2.45, 2.75) is 24.4 Å². The Morgan fingerprint density at radius 2 is 2.10 bits per heavy atom. The van der Waals surface area contributed by atoms with Crippen LogP contribution in [0.2, 0.25) is 0 Å². The third kappa shape index (κ3) is 3.89. The van der Waals surface area contributed by atoms with Gasteiger partial charge in [-0.3, -0.25) is 19.3 Å². The van der Waals surface area contributed by atoms with Crippen LogP contribution >= 0.6 is 23.1 Å². The largest absolute Gasteiger partial charge is 0.464 e. The number of methoxy groups -OCH3 is 2. The molecule has 0 radical (unpaired) electrons. The van der Waals surface area contributed by atoms with E-state index in [4.69, 9.17) is 14.2 Å². The SMILES string of the molecule is COC(=O)C1=C(COC(C)=O)CS[C@@H]2N1C(=O)C2(NC(=O)Cc1cccs1)OC. The molecule has 1 aromatic heterocycles. The Hall–Kier alpha value is -2.37. The first kappa shape index (κ1) is 21.3. The lowest BCUT2D eigenvalue weighted by Gasteiger charge is -2.55. The zero-order valence-electron chi connectivity index (χ0n) is 16.1. The number of thioether (sulfide) groups is 1. The van der Waals surface area contributed by atoms with Crippen molar-refractivity contribution in [2.75, 3.05) is 26.6 Å². The predicted octanol–water partition coefficient (Wildman–Crippen LogP) is 0.655. The first-order chi connectivity index (χ1) is 13.8. The van der Waals surface area contributed by atoms with Gasteiger partial charge in [0.05, 0.1) is 13.5 Å². The molecule has 29 heavy (non-hydrogen) atoms. The second-order valence-electron chi connectivity index (χ2n) is 6.31. The molecule has 0 bridgehead atoms. The molecule has 3 heterocycles. The minimum absolute atomic E-state index is 0.0164. The number of carbonyl (C=O) groups excluding carboxylic acids is 4. The van der Waals surface area contributed by atoms with Crippen LogP contribution in [0, 0.1) is 0 Å². The molecule has 3 rings (SSSR count). The van der Waals surface area contributed by atoms with Crippen molar-refractivity contribution in [3.63, 3.8) is 0 Å². The number of esters is 2. The Labute approximate surface area is 175 Å². The molecule has 0 saturated carbocycles. The molecule has 1 unspecified atom stereocenters. The van der Waals surface area contributed by atoms with Gasteiger partial charge >= 0.3 is 11.9 Å². The summed E-state index contributed by atoms with van der Waals surface area (Å²) in [6, 6.07) is 3.66. The van der Waals surface area contributed by atoms with Crippen molar-refractivity contribution in [3.8, 4) is 0 Å². The van der Waals surface area contributed by atoms with E-state index < -0.39 is 28.9 Å². The van der Waals surface area contributed by atoms with Gasteiger partial charge in [0.1, 0.15) is 17.7 Å². The molecule has 1 N–H and O–H groups in total. The van der Waals surface area contributed by atoms with Crippen LogP contribution in [0.25, 0.3) is 0 Å². The maximum absolute atomic E-state index is 13.0. The smallest absolute Gasteiger partial charge is 0.354 e. The molecule has 1 aromatic rings. The average Bonchev–Trinajstić information content (AvgIpc) is 3.21. The maximum Gasteiger partial charge on any atom is 0.354 e. The summed E-state index contributed by atoms with van der Waals surface area (Å²) in [7, 11) is 2.53. The van der Waals surface area contributed by atoms with E-state index in [0.717, 1.165) is 4.88 Å². The van der Waals surface area contributed by atoms with Gasteiger partial charge in [-0.2, -0.15) is 0 Å². The van der Waals surface area contributed by atoms with E-state index in [-0.39, 0.29) is 24.6 Å². The first-order valence-electron chi connectivity index (χ1n) is 8.61. The van der Waals surface area contributed by atoms with Crippen LogP contribution in [-0.2, 0) is 39.8 Å². The van der Waals surface area contributed by atoms with Crippen LogP contribution in [0.4, 0.5) is 0 Å². The predicted molar refractivity (Wildman–Crippen MR) is 105 cm³/mol. The molecule has 0 aliphatic carbocycles. The van der Waals surface area contributed by atoms with Gasteiger partial charge in [-0.1, -0.05) is 6.07 Å². The highest BCUT2D eigenvalue weighted by Crippen LogP contribution is 2.46. The normalized spacial score (nSPS) is 23.2. The number of ether oxygens (including phenoxy) is 3. The van der Waals surface area contributed by atoms with Crippen LogP contribution in [0.15, 0.2) is 28.8 Å². The second kappa shape index (κ2) is 8.56. The molecule has 2 amide bonds. The fourth-order valence-electron chi connectivity index (χ4n) is 3.15. The number of amides is 2. The number of rotatable bonds is 7. The van der Waals surface area contributed by atoms with E-state index in [0.29, 0.717) is 11.3 Å². The monoisotopic (exact) mass is 440 g/mol. The lowest BCUT2D eigenvalue weighted by Crippen LogP contribution is -2.80. The van der Waals surface area contributed by atoms with Gasteiger partial charge in [-0.15, -0.1) is 23.1 Å². The van der Waals surface area contributed by atoms with Crippen LogP contribution in [-0.4, -0.2) is 66.3 Å². The molecule has 9 nitrogen and oxygen atoms in total. The van der Waals surface area contributed by atoms with E-state index >= 15 is 0 Å². The highest BCUT2D eigenvalue weighted by molar-refractivity contribution is 8.00. The number of β-lactam (4-membered cyclic amide) rings is 1. The number of hydrogen-bond acceptors (Lipinski definition) is 9. The zero-order chi connectivity index (χ0) is 21.2. The molecular formula is C18H20N2O7S2. The number of thiophene rings is 1. The number of nitrogens with one attached hydrogen (secondary N) is 1. The fourth-order valence-corrected chi connectivity index (χ4v) is 5.27. The van der Waals surface area contributed by atoms with Crippen LogP contribution in [0.5, 0.6) is 0 Å². The van der Waals surface area contributed by atoms with Gasteiger partial charge in [-0.25, -0.2) is 4.79 Å². The molecule has 0 aromatic carbocycles. The molecule has 11 heteroatoms. The Morgan fingerprint density at radius 1 is 1.34 bits per heavy atom. The second-order valence-corrected chi connectivity index (χ2v) is 8.41. The van der Waals surface area contributed by atoms with E-state index in [9.17, 15) is 19.2 Å². The molecule has 2 atom stereocenters. The summed E-state index contributed by atoms with van der Waals surface area (Å²) in [5.41, 5.74) is -1.11. The molecule has 0 spiro atoms. The number of nitrogens with zero attached hydrogens (tertiary/aromatic N) is 1. The Kier molecular flexibility index (Phi) is 6.30. The summed E-state index contributed by atoms with van der Waals surface area (Å²) in [5, 5.41) is 3.89. The van der Waals surface area contributed by atoms with Crippen molar-refractivity contribution in [1.82, 2.24) is 10.2 Å². The van der Waals surface area contributed by atoms with E-state index in [1.54, 1.807) is 0 Å².